The Balaban J connectivity index is 1.83. The number of aromatic nitrogens is 3. The van der Waals surface area contributed by atoms with Crippen molar-refractivity contribution in [3.8, 4) is 0 Å². The van der Waals surface area contributed by atoms with E-state index in [9.17, 15) is 4.39 Å². The zero-order valence-corrected chi connectivity index (χ0v) is 9.86. The maximum Gasteiger partial charge on any atom is 0.234 e. The van der Waals surface area contributed by atoms with Gasteiger partial charge in [0.05, 0.1) is 6.20 Å². The van der Waals surface area contributed by atoms with Crippen LogP contribution in [0.1, 0.15) is 30.7 Å². The molecule has 88 valence electrons. The average Bonchev–Trinajstić information content (AvgIpc) is 3.17. The molecule has 2 atom stereocenters. The molecule has 0 spiro atoms. The lowest BCUT2D eigenvalue weighted by Crippen LogP contribution is -1.99. The highest BCUT2D eigenvalue weighted by molar-refractivity contribution is 6.29. The summed E-state index contributed by atoms with van der Waals surface area (Å²) in [6, 6.07) is 1.84. The summed E-state index contributed by atoms with van der Waals surface area (Å²) < 4.78 is 14.6. The van der Waals surface area contributed by atoms with E-state index in [-0.39, 0.29) is 0 Å². The quantitative estimate of drug-likeness (QED) is 0.821. The molecule has 2 fully saturated rings. The molecule has 0 radical (unpaired) electrons. The van der Waals surface area contributed by atoms with Crippen LogP contribution >= 0.6 is 11.6 Å². The van der Waals surface area contributed by atoms with Gasteiger partial charge in [-0.1, -0.05) is 11.6 Å². The summed E-state index contributed by atoms with van der Waals surface area (Å²) in [5.41, 5.74) is 1.69. The van der Waals surface area contributed by atoms with Crippen molar-refractivity contribution in [1.82, 2.24) is 14.6 Å². The molecule has 2 aliphatic rings. The van der Waals surface area contributed by atoms with Crippen molar-refractivity contribution >= 4 is 17.2 Å². The van der Waals surface area contributed by atoms with E-state index < -0.39 is 5.95 Å². The van der Waals surface area contributed by atoms with E-state index in [1.165, 1.54) is 30.0 Å². The van der Waals surface area contributed by atoms with Gasteiger partial charge in [0.25, 0.3) is 0 Å². The second-order valence-electron chi connectivity index (χ2n) is 5.08. The normalized spacial score (nSPS) is 27.6. The molecule has 0 saturated heterocycles. The second kappa shape index (κ2) is 3.19. The number of hydrogen-bond acceptors (Lipinski definition) is 2. The molecule has 17 heavy (non-hydrogen) atoms. The third kappa shape index (κ3) is 1.47. The highest BCUT2D eigenvalue weighted by Gasteiger charge is 2.49. The van der Waals surface area contributed by atoms with Crippen molar-refractivity contribution in [2.75, 3.05) is 0 Å². The van der Waals surface area contributed by atoms with Crippen molar-refractivity contribution in [3.63, 3.8) is 0 Å². The molecular weight excluding hydrogens is 241 g/mol. The van der Waals surface area contributed by atoms with Gasteiger partial charge in [0.2, 0.25) is 5.95 Å². The lowest BCUT2D eigenvalue weighted by atomic mass is 10.1. The Morgan fingerprint density at radius 1 is 1.41 bits per heavy atom. The van der Waals surface area contributed by atoms with Crippen molar-refractivity contribution in [2.45, 2.75) is 25.2 Å². The molecule has 2 saturated carbocycles. The van der Waals surface area contributed by atoms with Gasteiger partial charge in [0.1, 0.15) is 0 Å². The highest BCUT2D eigenvalue weighted by atomic mass is 35.5. The highest BCUT2D eigenvalue weighted by Crippen LogP contribution is 2.59. The van der Waals surface area contributed by atoms with Crippen LogP contribution in [0.15, 0.2) is 12.3 Å². The van der Waals surface area contributed by atoms with Gasteiger partial charge in [-0.2, -0.15) is 14.0 Å². The number of rotatable bonds is 2. The van der Waals surface area contributed by atoms with E-state index in [0.29, 0.717) is 16.7 Å². The minimum absolute atomic E-state index is 0.339. The maximum atomic E-state index is 13.4. The van der Waals surface area contributed by atoms with Crippen molar-refractivity contribution in [2.24, 2.45) is 11.8 Å². The number of fused-ring (bicyclic) bond motifs is 1. The molecule has 2 aromatic heterocycles. The summed E-state index contributed by atoms with van der Waals surface area (Å²) in [5, 5.41) is 4.27. The van der Waals surface area contributed by atoms with Gasteiger partial charge in [-0.05, 0) is 43.1 Å². The molecule has 0 amide bonds. The molecule has 4 rings (SSSR count). The monoisotopic (exact) mass is 251 g/mol. The zero-order chi connectivity index (χ0) is 11.6. The predicted molar refractivity (Wildman–Crippen MR) is 61.5 cm³/mol. The van der Waals surface area contributed by atoms with Crippen LogP contribution in [-0.2, 0) is 0 Å². The van der Waals surface area contributed by atoms with Crippen molar-refractivity contribution in [1.29, 1.82) is 0 Å². The lowest BCUT2D eigenvalue weighted by molar-refractivity contribution is 0.548. The van der Waals surface area contributed by atoms with Gasteiger partial charge in [-0.3, -0.25) is 0 Å². The van der Waals surface area contributed by atoms with Crippen LogP contribution in [0.5, 0.6) is 0 Å². The summed E-state index contributed by atoms with van der Waals surface area (Å²) in [6.45, 7) is 0. The first kappa shape index (κ1) is 9.83. The number of nitrogens with zero attached hydrogens (tertiary/aromatic N) is 3. The molecular formula is C12H11ClFN3. The first-order valence-electron chi connectivity index (χ1n) is 5.93. The lowest BCUT2D eigenvalue weighted by Gasteiger charge is -2.03. The molecule has 2 unspecified atom stereocenters. The van der Waals surface area contributed by atoms with E-state index in [2.05, 4.69) is 10.1 Å². The van der Waals surface area contributed by atoms with E-state index >= 15 is 0 Å². The molecule has 0 bridgehead atoms. The van der Waals surface area contributed by atoms with E-state index in [0.717, 1.165) is 17.4 Å². The van der Waals surface area contributed by atoms with Crippen LogP contribution in [0.4, 0.5) is 4.39 Å². The minimum Gasteiger partial charge on any atom is -0.232 e. The summed E-state index contributed by atoms with van der Waals surface area (Å²) in [7, 11) is 0. The third-order valence-electron chi connectivity index (χ3n) is 3.89. The van der Waals surface area contributed by atoms with Gasteiger partial charge < -0.3 is 0 Å². The summed E-state index contributed by atoms with van der Waals surface area (Å²) in [5.74, 6) is 1.70. The Kier molecular flexibility index (Phi) is 1.85. The molecule has 0 N–H and O–H groups in total. The minimum atomic E-state index is -0.452. The SMILES string of the molecule is Fc1cnc2c(C3CC3C3CC3)cc(Cl)nn12. The molecule has 2 aliphatic carbocycles. The van der Waals surface area contributed by atoms with E-state index in [1.54, 1.807) is 0 Å². The van der Waals surface area contributed by atoms with Crippen LogP contribution < -0.4 is 0 Å². The maximum absolute atomic E-state index is 13.4. The van der Waals surface area contributed by atoms with Gasteiger partial charge in [0, 0.05) is 5.56 Å². The van der Waals surface area contributed by atoms with E-state index in [4.69, 9.17) is 11.6 Å². The Morgan fingerprint density at radius 2 is 2.24 bits per heavy atom. The van der Waals surface area contributed by atoms with Gasteiger partial charge in [-0.15, -0.1) is 0 Å². The second-order valence-corrected chi connectivity index (χ2v) is 5.47. The largest absolute Gasteiger partial charge is 0.234 e. The molecule has 0 aromatic carbocycles. The van der Waals surface area contributed by atoms with Crippen LogP contribution in [0, 0.1) is 17.8 Å². The molecule has 0 aliphatic heterocycles. The summed E-state index contributed by atoms with van der Waals surface area (Å²) in [6.07, 6.45) is 5.09. The smallest absolute Gasteiger partial charge is 0.232 e. The van der Waals surface area contributed by atoms with E-state index in [1.807, 2.05) is 6.07 Å². The summed E-state index contributed by atoms with van der Waals surface area (Å²) >= 11 is 5.94. The average molecular weight is 252 g/mol. The zero-order valence-electron chi connectivity index (χ0n) is 9.11. The molecule has 2 aromatic rings. The van der Waals surface area contributed by atoms with Crippen LogP contribution in [0.2, 0.25) is 5.15 Å². The van der Waals surface area contributed by atoms with Crippen molar-refractivity contribution < 1.29 is 4.39 Å². The molecule has 2 heterocycles. The van der Waals surface area contributed by atoms with Crippen LogP contribution in [0.3, 0.4) is 0 Å². The fourth-order valence-electron chi connectivity index (χ4n) is 2.82. The third-order valence-corrected chi connectivity index (χ3v) is 4.08. The van der Waals surface area contributed by atoms with Gasteiger partial charge >= 0.3 is 0 Å². The number of imidazole rings is 1. The topological polar surface area (TPSA) is 30.2 Å². The number of hydrogen-bond donors (Lipinski definition) is 0. The fourth-order valence-corrected chi connectivity index (χ4v) is 3.02. The Hall–Kier alpha value is -1.16. The van der Waals surface area contributed by atoms with Gasteiger partial charge in [0.15, 0.2) is 10.8 Å². The Labute approximate surface area is 103 Å². The predicted octanol–water partition coefficient (Wildman–Crippen LogP) is 3.04. The van der Waals surface area contributed by atoms with Gasteiger partial charge in [-0.25, -0.2) is 4.98 Å². The standard InChI is InChI=1S/C12H11ClFN3/c13-10-4-9(8-3-7(8)6-1-2-6)12-15-5-11(14)17(12)16-10/h4-8H,1-3H2. The molecule has 5 heteroatoms. The van der Waals surface area contributed by atoms with Crippen LogP contribution in [-0.4, -0.2) is 14.6 Å². The van der Waals surface area contributed by atoms with Crippen LogP contribution in [0.25, 0.3) is 5.65 Å². The Morgan fingerprint density at radius 3 is 3.00 bits per heavy atom. The first-order valence-corrected chi connectivity index (χ1v) is 6.31. The van der Waals surface area contributed by atoms with Crippen molar-refractivity contribution in [3.05, 3.63) is 28.9 Å². The fraction of sp³-hybridized carbons (Fsp3) is 0.500. The number of halogens is 2. The molecule has 3 nitrogen and oxygen atoms in total. The Bertz CT molecular complexity index is 605. The first-order chi connectivity index (χ1) is 8.24. The summed E-state index contributed by atoms with van der Waals surface area (Å²) in [4.78, 5) is 4.10.